The summed E-state index contributed by atoms with van der Waals surface area (Å²) in [6.07, 6.45) is 1.65. The van der Waals surface area contributed by atoms with Gasteiger partial charge in [0.1, 0.15) is 11.5 Å². The first-order chi connectivity index (χ1) is 14.9. The van der Waals surface area contributed by atoms with Crippen LogP contribution in [0.3, 0.4) is 0 Å². The summed E-state index contributed by atoms with van der Waals surface area (Å²) in [5.41, 5.74) is 0.473. The Bertz CT molecular complexity index is 918. The number of halogens is 1. The van der Waals surface area contributed by atoms with Crippen LogP contribution in [0.4, 0.5) is 5.69 Å². The van der Waals surface area contributed by atoms with E-state index in [4.69, 9.17) is 21.1 Å². The van der Waals surface area contributed by atoms with Crippen molar-refractivity contribution >= 4 is 29.1 Å². The first-order valence-electron chi connectivity index (χ1n) is 10.3. The fourth-order valence-corrected chi connectivity index (χ4v) is 3.73. The molecule has 3 rings (SSSR count). The second-order valence-electron chi connectivity index (χ2n) is 7.56. The molecule has 0 spiro atoms. The van der Waals surface area contributed by atoms with E-state index in [1.807, 2.05) is 24.0 Å². The van der Waals surface area contributed by atoms with Crippen LogP contribution in [0.5, 0.6) is 17.2 Å². The highest BCUT2D eigenvalue weighted by Gasteiger charge is 2.32. The highest BCUT2D eigenvalue weighted by Crippen LogP contribution is 2.33. The van der Waals surface area contributed by atoms with Gasteiger partial charge in [0.25, 0.3) is 0 Å². The molecule has 31 heavy (non-hydrogen) atoms. The van der Waals surface area contributed by atoms with E-state index >= 15 is 0 Å². The van der Waals surface area contributed by atoms with Crippen molar-refractivity contribution in [1.82, 2.24) is 9.80 Å². The number of amides is 2. The molecule has 1 aliphatic heterocycles. The van der Waals surface area contributed by atoms with Gasteiger partial charge in [0.2, 0.25) is 11.8 Å². The number of likely N-dealkylation sites (N-methyl/N-ethyl adjacent to an activating group) is 1. The van der Waals surface area contributed by atoms with E-state index in [2.05, 4.69) is 5.32 Å². The number of nitrogens with one attached hydrogen (secondary N) is 1. The summed E-state index contributed by atoms with van der Waals surface area (Å²) < 4.78 is 11.4. The molecule has 1 aliphatic rings. The number of nitrogens with zero attached hydrogens (tertiary/aromatic N) is 2. The van der Waals surface area contributed by atoms with Gasteiger partial charge < -0.3 is 19.7 Å². The number of hydrogen-bond donors (Lipinski definition) is 1. The van der Waals surface area contributed by atoms with Crippen LogP contribution in [0.2, 0.25) is 5.02 Å². The molecule has 1 fully saturated rings. The third kappa shape index (κ3) is 6.12. The van der Waals surface area contributed by atoms with Crippen LogP contribution in [-0.4, -0.2) is 61.4 Å². The standard InChI is InChI=1S/C23H28ClN3O4/c1-4-30-17-8-10-18(11-9-17)31-21-12-7-16(24)14-19(21)25-22(28)15-27-13-5-6-20(27)23(29)26(2)3/h7-12,14,20H,4-6,13,15H2,1-3H3,(H,25,28). The number of likely N-dealkylation sites (tertiary alicyclic amines) is 1. The zero-order valence-corrected chi connectivity index (χ0v) is 18.8. The molecular formula is C23H28ClN3O4. The van der Waals surface area contributed by atoms with E-state index in [0.717, 1.165) is 18.6 Å². The number of ether oxygens (including phenoxy) is 2. The molecule has 8 heteroatoms. The minimum atomic E-state index is -0.264. The SMILES string of the molecule is CCOc1ccc(Oc2ccc(Cl)cc2NC(=O)CN2CCCC2C(=O)N(C)C)cc1. The lowest BCUT2D eigenvalue weighted by molar-refractivity contribution is -0.133. The molecule has 0 radical (unpaired) electrons. The molecule has 2 amide bonds. The quantitative estimate of drug-likeness (QED) is 0.664. The van der Waals surface area contributed by atoms with Gasteiger partial charge in [-0.15, -0.1) is 0 Å². The van der Waals surface area contributed by atoms with E-state index in [0.29, 0.717) is 35.4 Å². The highest BCUT2D eigenvalue weighted by atomic mass is 35.5. The van der Waals surface area contributed by atoms with Gasteiger partial charge >= 0.3 is 0 Å². The zero-order valence-electron chi connectivity index (χ0n) is 18.1. The molecule has 1 unspecified atom stereocenters. The smallest absolute Gasteiger partial charge is 0.239 e. The van der Waals surface area contributed by atoms with E-state index < -0.39 is 0 Å². The molecular weight excluding hydrogens is 418 g/mol. The first kappa shape index (κ1) is 22.9. The largest absolute Gasteiger partial charge is 0.494 e. The van der Waals surface area contributed by atoms with Crippen molar-refractivity contribution in [1.29, 1.82) is 0 Å². The summed E-state index contributed by atoms with van der Waals surface area (Å²) in [5.74, 6) is 1.64. The molecule has 1 atom stereocenters. The summed E-state index contributed by atoms with van der Waals surface area (Å²) in [7, 11) is 3.46. The normalized spacial score (nSPS) is 16.1. The van der Waals surface area contributed by atoms with Crippen molar-refractivity contribution in [2.45, 2.75) is 25.8 Å². The Hall–Kier alpha value is -2.77. The maximum atomic E-state index is 12.7. The second-order valence-corrected chi connectivity index (χ2v) is 7.99. The van der Waals surface area contributed by atoms with Crippen LogP contribution in [-0.2, 0) is 9.59 Å². The third-order valence-corrected chi connectivity index (χ3v) is 5.25. The van der Waals surface area contributed by atoms with E-state index in [-0.39, 0.29) is 24.4 Å². The van der Waals surface area contributed by atoms with Crippen LogP contribution in [0.15, 0.2) is 42.5 Å². The lowest BCUT2D eigenvalue weighted by Crippen LogP contribution is -2.45. The summed E-state index contributed by atoms with van der Waals surface area (Å²) in [6.45, 7) is 3.35. The van der Waals surface area contributed by atoms with Crippen LogP contribution < -0.4 is 14.8 Å². The third-order valence-electron chi connectivity index (χ3n) is 5.01. The number of rotatable bonds is 8. The Labute approximate surface area is 187 Å². The Balaban J connectivity index is 1.69. The van der Waals surface area contributed by atoms with Crippen molar-refractivity contribution in [3.05, 3.63) is 47.5 Å². The molecule has 2 aromatic rings. The van der Waals surface area contributed by atoms with Gasteiger partial charge in [-0.25, -0.2) is 0 Å². The number of hydrogen-bond acceptors (Lipinski definition) is 5. The van der Waals surface area contributed by atoms with Gasteiger partial charge in [0.05, 0.1) is 24.9 Å². The number of carbonyl (C=O) groups excluding carboxylic acids is 2. The Morgan fingerprint density at radius 3 is 2.55 bits per heavy atom. The minimum absolute atomic E-state index is 0.0209. The van der Waals surface area contributed by atoms with Crippen LogP contribution in [0.25, 0.3) is 0 Å². The zero-order chi connectivity index (χ0) is 22.4. The molecule has 166 valence electrons. The molecule has 1 saturated heterocycles. The Morgan fingerprint density at radius 1 is 1.16 bits per heavy atom. The van der Waals surface area contributed by atoms with Crippen LogP contribution in [0, 0.1) is 0 Å². The molecule has 0 aromatic heterocycles. The van der Waals surface area contributed by atoms with Crippen molar-refractivity contribution in [3.8, 4) is 17.2 Å². The molecule has 1 heterocycles. The van der Waals surface area contributed by atoms with Crippen molar-refractivity contribution < 1.29 is 19.1 Å². The van der Waals surface area contributed by atoms with Crippen LogP contribution >= 0.6 is 11.6 Å². The van der Waals surface area contributed by atoms with Crippen molar-refractivity contribution in [3.63, 3.8) is 0 Å². The second kappa shape index (κ2) is 10.5. The summed E-state index contributed by atoms with van der Waals surface area (Å²) in [4.78, 5) is 28.6. The highest BCUT2D eigenvalue weighted by molar-refractivity contribution is 6.31. The molecule has 2 aromatic carbocycles. The van der Waals surface area contributed by atoms with E-state index in [9.17, 15) is 9.59 Å². The van der Waals surface area contributed by atoms with Crippen LogP contribution in [0.1, 0.15) is 19.8 Å². The summed E-state index contributed by atoms with van der Waals surface area (Å²) in [6, 6.07) is 12.0. The fraction of sp³-hybridized carbons (Fsp3) is 0.391. The van der Waals surface area contributed by atoms with Gasteiger partial charge in [0, 0.05) is 19.1 Å². The van der Waals surface area contributed by atoms with Gasteiger partial charge in [0.15, 0.2) is 5.75 Å². The predicted molar refractivity (Wildman–Crippen MR) is 121 cm³/mol. The predicted octanol–water partition coefficient (Wildman–Crippen LogP) is 4.02. The molecule has 0 saturated carbocycles. The fourth-order valence-electron chi connectivity index (χ4n) is 3.55. The van der Waals surface area contributed by atoms with Crippen molar-refractivity contribution in [2.24, 2.45) is 0 Å². The average Bonchev–Trinajstić information content (AvgIpc) is 3.18. The maximum absolute atomic E-state index is 12.7. The summed E-state index contributed by atoms with van der Waals surface area (Å²) in [5, 5.41) is 3.36. The summed E-state index contributed by atoms with van der Waals surface area (Å²) >= 11 is 6.14. The van der Waals surface area contributed by atoms with Gasteiger partial charge in [-0.05, 0) is 68.8 Å². The van der Waals surface area contributed by atoms with Gasteiger partial charge in [-0.1, -0.05) is 11.6 Å². The molecule has 0 bridgehead atoms. The first-order valence-corrected chi connectivity index (χ1v) is 10.7. The number of carbonyl (C=O) groups is 2. The molecule has 1 N–H and O–H groups in total. The lowest BCUT2D eigenvalue weighted by atomic mass is 10.2. The van der Waals surface area contributed by atoms with Gasteiger partial charge in [-0.3, -0.25) is 14.5 Å². The van der Waals surface area contributed by atoms with Gasteiger partial charge in [-0.2, -0.15) is 0 Å². The molecule has 7 nitrogen and oxygen atoms in total. The Kier molecular flexibility index (Phi) is 7.76. The molecule has 0 aliphatic carbocycles. The maximum Gasteiger partial charge on any atom is 0.239 e. The van der Waals surface area contributed by atoms with E-state index in [1.54, 1.807) is 49.3 Å². The average molecular weight is 446 g/mol. The topological polar surface area (TPSA) is 71.1 Å². The van der Waals surface area contributed by atoms with Crippen molar-refractivity contribution in [2.75, 3.05) is 39.1 Å². The lowest BCUT2D eigenvalue weighted by Gasteiger charge is -2.25. The number of anilines is 1. The van der Waals surface area contributed by atoms with E-state index in [1.165, 1.54) is 0 Å². The number of benzene rings is 2. The monoisotopic (exact) mass is 445 g/mol. The minimum Gasteiger partial charge on any atom is -0.494 e. The Morgan fingerprint density at radius 2 is 1.87 bits per heavy atom.